The maximum absolute atomic E-state index is 14.4. The highest BCUT2D eigenvalue weighted by Crippen LogP contribution is 2.29. The van der Waals surface area contributed by atoms with Crippen LogP contribution in [0.3, 0.4) is 0 Å². The molecular weight excluding hydrogens is 341 g/mol. The van der Waals surface area contributed by atoms with Crippen LogP contribution in [-0.4, -0.2) is 20.5 Å². The molecule has 0 atom stereocenters. The predicted octanol–water partition coefficient (Wildman–Crippen LogP) is 2.77. The van der Waals surface area contributed by atoms with Crippen LogP contribution >= 0.6 is 23.8 Å². The summed E-state index contributed by atoms with van der Waals surface area (Å²) in [5.74, 6) is 1.86. The molecule has 0 bridgehead atoms. The van der Waals surface area contributed by atoms with Gasteiger partial charge >= 0.3 is 5.69 Å². The number of halogens is 2. The summed E-state index contributed by atoms with van der Waals surface area (Å²) in [4.78, 5) is 12.6. The van der Waals surface area contributed by atoms with E-state index in [0.717, 1.165) is 23.5 Å². The summed E-state index contributed by atoms with van der Waals surface area (Å²) < 4.78 is 24.3. The number of terminal acetylenes is 1. The van der Waals surface area contributed by atoms with Gasteiger partial charge in [-0.05, 0) is 31.1 Å². The number of fused-ring (bicyclic) bond motifs is 1. The van der Waals surface area contributed by atoms with E-state index in [1.54, 1.807) is 4.68 Å². The Labute approximate surface area is 141 Å². The van der Waals surface area contributed by atoms with Crippen LogP contribution < -0.4 is 10.4 Å². The first-order chi connectivity index (χ1) is 11.0. The SMILES string of the molecule is C#CCOc1cc(-n2c(=O)n3n(c2=S)CCCC3)c(F)cc1Cl. The molecule has 120 valence electrons. The number of ether oxygens (including phenoxy) is 1. The summed E-state index contributed by atoms with van der Waals surface area (Å²) >= 11 is 11.3. The van der Waals surface area contributed by atoms with E-state index >= 15 is 0 Å². The largest absolute Gasteiger partial charge is 0.479 e. The summed E-state index contributed by atoms with van der Waals surface area (Å²) in [6, 6.07) is 2.43. The Bertz CT molecular complexity index is 885. The molecule has 0 aliphatic carbocycles. The van der Waals surface area contributed by atoms with Gasteiger partial charge in [0.05, 0.1) is 10.7 Å². The lowest BCUT2D eigenvalue weighted by Crippen LogP contribution is -2.29. The van der Waals surface area contributed by atoms with Gasteiger partial charge in [0.25, 0.3) is 0 Å². The van der Waals surface area contributed by atoms with Gasteiger partial charge in [0.2, 0.25) is 4.77 Å². The molecule has 5 nitrogen and oxygen atoms in total. The molecule has 1 aromatic heterocycles. The van der Waals surface area contributed by atoms with Gasteiger partial charge in [0.15, 0.2) is 0 Å². The van der Waals surface area contributed by atoms with Crippen molar-refractivity contribution in [2.24, 2.45) is 0 Å². The van der Waals surface area contributed by atoms with Crippen molar-refractivity contribution in [1.82, 2.24) is 13.9 Å². The normalized spacial score (nSPS) is 13.4. The van der Waals surface area contributed by atoms with Crippen molar-refractivity contribution in [2.45, 2.75) is 25.9 Å². The minimum atomic E-state index is -0.653. The molecule has 1 aliphatic heterocycles. The highest BCUT2D eigenvalue weighted by molar-refractivity contribution is 7.71. The Morgan fingerprint density at radius 1 is 1.35 bits per heavy atom. The minimum absolute atomic E-state index is 0.00539. The summed E-state index contributed by atoms with van der Waals surface area (Å²) in [6.45, 7) is 1.18. The van der Waals surface area contributed by atoms with Crippen LogP contribution in [0.4, 0.5) is 4.39 Å². The quantitative estimate of drug-likeness (QED) is 0.629. The Kier molecular flexibility index (Phi) is 4.28. The average molecular weight is 354 g/mol. The number of nitrogens with zero attached hydrogens (tertiary/aromatic N) is 3. The summed E-state index contributed by atoms with van der Waals surface area (Å²) in [7, 11) is 0. The third-order valence-corrected chi connectivity index (χ3v) is 4.35. The number of hydrogen-bond acceptors (Lipinski definition) is 3. The van der Waals surface area contributed by atoms with E-state index < -0.39 is 5.82 Å². The number of rotatable bonds is 3. The third-order valence-electron chi connectivity index (χ3n) is 3.66. The fraction of sp³-hybridized carbons (Fsp3) is 0.333. The number of benzene rings is 1. The third kappa shape index (κ3) is 2.69. The van der Waals surface area contributed by atoms with E-state index in [2.05, 4.69) is 5.92 Å². The molecule has 0 saturated heterocycles. The van der Waals surface area contributed by atoms with Crippen LogP contribution in [-0.2, 0) is 13.1 Å². The first-order valence-corrected chi connectivity index (χ1v) is 7.81. The molecular formula is C15H13ClFN3O2S. The van der Waals surface area contributed by atoms with E-state index in [-0.39, 0.29) is 33.5 Å². The highest BCUT2D eigenvalue weighted by atomic mass is 35.5. The molecule has 1 aliphatic rings. The minimum Gasteiger partial charge on any atom is -0.479 e. The Balaban J connectivity index is 2.20. The molecule has 1 aromatic carbocycles. The van der Waals surface area contributed by atoms with Crippen LogP contribution in [0.25, 0.3) is 5.69 Å². The first-order valence-electron chi connectivity index (χ1n) is 7.03. The zero-order chi connectivity index (χ0) is 16.6. The van der Waals surface area contributed by atoms with Crippen molar-refractivity contribution >= 4 is 23.8 Å². The predicted molar refractivity (Wildman–Crippen MR) is 87.4 cm³/mol. The first kappa shape index (κ1) is 15.8. The molecule has 0 saturated carbocycles. The van der Waals surface area contributed by atoms with E-state index in [9.17, 15) is 9.18 Å². The van der Waals surface area contributed by atoms with Crippen molar-refractivity contribution in [3.8, 4) is 23.8 Å². The average Bonchev–Trinajstić information content (AvgIpc) is 2.79. The summed E-state index contributed by atoms with van der Waals surface area (Å²) in [6.07, 6.45) is 6.96. The fourth-order valence-electron chi connectivity index (χ4n) is 2.60. The van der Waals surface area contributed by atoms with Crippen molar-refractivity contribution in [3.05, 3.63) is 38.2 Å². The second kappa shape index (κ2) is 6.22. The van der Waals surface area contributed by atoms with Gasteiger partial charge in [0, 0.05) is 19.2 Å². The van der Waals surface area contributed by atoms with Crippen molar-refractivity contribution < 1.29 is 9.13 Å². The van der Waals surface area contributed by atoms with Gasteiger partial charge < -0.3 is 4.74 Å². The van der Waals surface area contributed by atoms with Gasteiger partial charge in [-0.1, -0.05) is 17.5 Å². The molecule has 0 unspecified atom stereocenters. The second-order valence-electron chi connectivity index (χ2n) is 5.08. The van der Waals surface area contributed by atoms with Crippen LogP contribution in [0.15, 0.2) is 16.9 Å². The van der Waals surface area contributed by atoms with Gasteiger partial charge in [-0.2, -0.15) is 0 Å². The summed E-state index contributed by atoms with van der Waals surface area (Å²) in [5, 5.41) is 0.0806. The van der Waals surface area contributed by atoms with E-state index in [0.29, 0.717) is 13.1 Å². The Morgan fingerprint density at radius 2 is 2.04 bits per heavy atom. The van der Waals surface area contributed by atoms with Crippen molar-refractivity contribution in [1.29, 1.82) is 0 Å². The number of hydrogen-bond donors (Lipinski definition) is 0. The topological polar surface area (TPSA) is 41.1 Å². The van der Waals surface area contributed by atoms with Crippen LogP contribution in [0.1, 0.15) is 12.8 Å². The van der Waals surface area contributed by atoms with Gasteiger partial charge in [-0.3, -0.25) is 4.68 Å². The monoisotopic (exact) mass is 353 g/mol. The van der Waals surface area contributed by atoms with Crippen LogP contribution in [0.5, 0.6) is 5.75 Å². The molecule has 0 N–H and O–H groups in total. The molecule has 2 aromatic rings. The maximum atomic E-state index is 14.4. The molecule has 2 heterocycles. The zero-order valence-electron chi connectivity index (χ0n) is 12.1. The maximum Gasteiger partial charge on any atom is 0.349 e. The van der Waals surface area contributed by atoms with E-state index in [1.165, 1.54) is 10.7 Å². The fourth-order valence-corrected chi connectivity index (χ4v) is 3.17. The van der Waals surface area contributed by atoms with Crippen LogP contribution in [0, 0.1) is 22.9 Å². The van der Waals surface area contributed by atoms with Gasteiger partial charge in [-0.25, -0.2) is 18.4 Å². The lowest BCUT2D eigenvalue weighted by atomic mass is 10.3. The molecule has 0 amide bonds. The lowest BCUT2D eigenvalue weighted by Gasteiger charge is -2.14. The zero-order valence-corrected chi connectivity index (χ0v) is 13.7. The van der Waals surface area contributed by atoms with Crippen molar-refractivity contribution in [3.63, 3.8) is 0 Å². The van der Waals surface area contributed by atoms with Gasteiger partial charge in [-0.15, -0.1) is 6.42 Å². The van der Waals surface area contributed by atoms with E-state index in [1.807, 2.05) is 0 Å². The van der Waals surface area contributed by atoms with Crippen LogP contribution in [0.2, 0.25) is 5.02 Å². The molecule has 0 spiro atoms. The molecule has 3 rings (SSSR count). The number of aromatic nitrogens is 3. The smallest absolute Gasteiger partial charge is 0.349 e. The second-order valence-corrected chi connectivity index (χ2v) is 5.85. The Hall–Kier alpha value is -2.04. The highest BCUT2D eigenvalue weighted by Gasteiger charge is 2.21. The van der Waals surface area contributed by atoms with Gasteiger partial charge in [0.1, 0.15) is 18.2 Å². The molecule has 0 fully saturated rings. The van der Waals surface area contributed by atoms with Crippen molar-refractivity contribution in [2.75, 3.05) is 6.61 Å². The standard InChI is InChI=1S/C15H13ClFN3O2S/c1-2-7-22-13-9-12(11(17)8-10(13)16)20-14(21)18-5-3-4-6-19(18)15(20)23/h1,8-9H,3-7H2. The lowest BCUT2D eigenvalue weighted by molar-refractivity contribution is 0.352. The molecule has 8 heteroatoms. The molecule has 0 radical (unpaired) electrons. The molecule has 23 heavy (non-hydrogen) atoms. The summed E-state index contributed by atoms with van der Waals surface area (Å²) in [5.41, 5.74) is -0.371. The Morgan fingerprint density at radius 3 is 2.70 bits per heavy atom. The van der Waals surface area contributed by atoms with E-state index in [4.69, 9.17) is 35.0 Å².